The van der Waals surface area contributed by atoms with E-state index < -0.39 is 0 Å². The fraction of sp³-hybridized carbons (Fsp3) is 0.462. The van der Waals surface area contributed by atoms with Gasteiger partial charge >= 0.3 is 0 Å². The van der Waals surface area contributed by atoms with Crippen LogP contribution in [0.4, 0.5) is 0 Å². The third-order valence-electron chi connectivity index (χ3n) is 2.66. The van der Waals surface area contributed by atoms with E-state index in [4.69, 9.17) is 10.5 Å². The van der Waals surface area contributed by atoms with Crippen LogP contribution in [0.3, 0.4) is 0 Å². The van der Waals surface area contributed by atoms with Crippen molar-refractivity contribution in [3.05, 3.63) is 34.9 Å². The number of aryl methyl sites for hydroxylation is 2. The summed E-state index contributed by atoms with van der Waals surface area (Å²) in [4.78, 5) is 11.8. The van der Waals surface area contributed by atoms with Crippen LogP contribution in [0.2, 0.25) is 0 Å². The SMILES string of the molecule is Cc1ccc(C(=O)COC(C)CN)cc1C. The molecule has 0 bridgehead atoms. The lowest BCUT2D eigenvalue weighted by Gasteiger charge is -2.10. The second-order valence-corrected chi connectivity index (χ2v) is 4.08. The number of rotatable bonds is 5. The van der Waals surface area contributed by atoms with E-state index in [0.717, 1.165) is 5.56 Å². The maximum Gasteiger partial charge on any atom is 0.188 e. The first-order valence-electron chi connectivity index (χ1n) is 5.46. The summed E-state index contributed by atoms with van der Waals surface area (Å²) < 4.78 is 5.30. The number of ketones is 1. The molecule has 0 radical (unpaired) electrons. The monoisotopic (exact) mass is 221 g/mol. The highest BCUT2D eigenvalue weighted by Crippen LogP contribution is 2.10. The molecule has 16 heavy (non-hydrogen) atoms. The molecular weight excluding hydrogens is 202 g/mol. The van der Waals surface area contributed by atoms with Gasteiger partial charge in [-0.15, -0.1) is 0 Å². The fourth-order valence-corrected chi connectivity index (χ4v) is 1.28. The molecule has 2 N–H and O–H groups in total. The summed E-state index contributed by atoms with van der Waals surface area (Å²) in [7, 11) is 0. The van der Waals surface area contributed by atoms with Gasteiger partial charge in [-0.3, -0.25) is 4.79 Å². The minimum atomic E-state index is -0.0736. The molecule has 0 saturated heterocycles. The Labute approximate surface area is 96.6 Å². The van der Waals surface area contributed by atoms with Crippen LogP contribution < -0.4 is 5.73 Å². The van der Waals surface area contributed by atoms with E-state index in [2.05, 4.69) is 0 Å². The van der Waals surface area contributed by atoms with Gasteiger partial charge in [-0.25, -0.2) is 0 Å². The average molecular weight is 221 g/mol. The number of hydrogen-bond donors (Lipinski definition) is 1. The second kappa shape index (κ2) is 5.77. The summed E-state index contributed by atoms with van der Waals surface area (Å²) in [5.41, 5.74) is 8.42. The summed E-state index contributed by atoms with van der Waals surface area (Å²) in [5.74, 6) is 0.00315. The molecular formula is C13H19NO2. The van der Waals surface area contributed by atoms with Gasteiger partial charge in [0.15, 0.2) is 5.78 Å². The highest BCUT2D eigenvalue weighted by Gasteiger charge is 2.08. The van der Waals surface area contributed by atoms with Gasteiger partial charge in [0.05, 0.1) is 6.10 Å². The lowest BCUT2D eigenvalue weighted by molar-refractivity contribution is 0.0554. The zero-order valence-corrected chi connectivity index (χ0v) is 10.1. The number of hydrogen-bond acceptors (Lipinski definition) is 3. The predicted octanol–water partition coefficient (Wildman–Crippen LogP) is 1.85. The molecule has 0 aromatic heterocycles. The topological polar surface area (TPSA) is 52.3 Å². The van der Waals surface area contributed by atoms with Gasteiger partial charge in [0.2, 0.25) is 0 Å². The molecule has 88 valence electrons. The van der Waals surface area contributed by atoms with Gasteiger partial charge in [-0.05, 0) is 38.0 Å². The minimum absolute atomic E-state index is 0.00315. The van der Waals surface area contributed by atoms with E-state index in [1.54, 1.807) is 0 Å². The van der Waals surface area contributed by atoms with Crippen molar-refractivity contribution in [2.24, 2.45) is 5.73 Å². The first-order valence-corrected chi connectivity index (χ1v) is 5.46. The maximum atomic E-state index is 11.8. The molecule has 3 nitrogen and oxygen atoms in total. The molecule has 1 rings (SSSR count). The predicted molar refractivity (Wildman–Crippen MR) is 64.7 cm³/mol. The van der Waals surface area contributed by atoms with Crippen LogP contribution in [0.1, 0.15) is 28.4 Å². The summed E-state index contributed by atoms with van der Waals surface area (Å²) in [6.07, 6.45) is -0.0736. The summed E-state index contributed by atoms with van der Waals surface area (Å²) in [5, 5.41) is 0. The van der Waals surface area contributed by atoms with Gasteiger partial charge in [-0.2, -0.15) is 0 Å². The largest absolute Gasteiger partial charge is 0.369 e. The van der Waals surface area contributed by atoms with E-state index in [1.807, 2.05) is 39.0 Å². The molecule has 3 heteroatoms. The van der Waals surface area contributed by atoms with Crippen LogP contribution in [0, 0.1) is 13.8 Å². The average Bonchev–Trinajstić information content (AvgIpc) is 2.29. The summed E-state index contributed by atoms with van der Waals surface area (Å²) in [6, 6.07) is 5.68. The molecule has 0 fully saturated rings. The van der Waals surface area contributed by atoms with E-state index in [9.17, 15) is 4.79 Å². The normalized spacial score (nSPS) is 12.5. The van der Waals surface area contributed by atoms with E-state index >= 15 is 0 Å². The van der Waals surface area contributed by atoms with Crippen molar-refractivity contribution in [1.82, 2.24) is 0 Å². The number of ether oxygens (including phenoxy) is 1. The van der Waals surface area contributed by atoms with Crippen molar-refractivity contribution in [2.45, 2.75) is 26.9 Å². The summed E-state index contributed by atoms with van der Waals surface area (Å²) >= 11 is 0. The molecule has 1 atom stereocenters. The van der Waals surface area contributed by atoms with Crippen molar-refractivity contribution in [3.63, 3.8) is 0 Å². The number of benzene rings is 1. The Kier molecular flexibility index (Phi) is 4.65. The lowest BCUT2D eigenvalue weighted by atomic mass is 10.0. The Balaban J connectivity index is 2.63. The Morgan fingerprint density at radius 1 is 1.38 bits per heavy atom. The van der Waals surface area contributed by atoms with Crippen molar-refractivity contribution in [2.75, 3.05) is 13.2 Å². The van der Waals surface area contributed by atoms with Gasteiger partial charge in [0.25, 0.3) is 0 Å². The third-order valence-corrected chi connectivity index (χ3v) is 2.66. The molecule has 0 aliphatic rings. The molecule has 0 spiro atoms. The fourth-order valence-electron chi connectivity index (χ4n) is 1.28. The van der Waals surface area contributed by atoms with Crippen LogP contribution in [0.5, 0.6) is 0 Å². The Morgan fingerprint density at radius 3 is 2.62 bits per heavy atom. The Morgan fingerprint density at radius 2 is 2.06 bits per heavy atom. The molecule has 0 amide bonds. The van der Waals surface area contributed by atoms with Gasteiger partial charge in [-0.1, -0.05) is 12.1 Å². The maximum absolute atomic E-state index is 11.8. The molecule has 0 saturated carbocycles. The first kappa shape index (κ1) is 12.9. The zero-order chi connectivity index (χ0) is 12.1. The number of Topliss-reactive ketones (excluding diaryl/α,β-unsaturated/α-hetero) is 1. The molecule has 0 aliphatic carbocycles. The quantitative estimate of drug-likeness (QED) is 0.772. The molecule has 0 heterocycles. The molecule has 1 aromatic rings. The van der Waals surface area contributed by atoms with Gasteiger partial charge in [0, 0.05) is 12.1 Å². The van der Waals surface area contributed by atoms with Crippen molar-refractivity contribution in [1.29, 1.82) is 0 Å². The van der Waals surface area contributed by atoms with Crippen molar-refractivity contribution >= 4 is 5.78 Å². The second-order valence-electron chi connectivity index (χ2n) is 4.08. The first-order chi connectivity index (χ1) is 7.54. The zero-order valence-electron chi connectivity index (χ0n) is 10.1. The van der Waals surface area contributed by atoms with Crippen LogP contribution >= 0.6 is 0 Å². The van der Waals surface area contributed by atoms with Crippen molar-refractivity contribution in [3.8, 4) is 0 Å². The van der Waals surface area contributed by atoms with Gasteiger partial charge in [0.1, 0.15) is 6.61 Å². The van der Waals surface area contributed by atoms with Crippen LogP contribution in [0.15, 0.2) is 18.2 Å². The lowest BCUT2D eigenvalue weighted by Crippen LogP contribution is -2.23. The third kappa shape index (κ3) is 3.43. The minimum Gasteiger partial charge on any atom is -0.369 e. The summed E-state index contributed by atoms with van der Waals surface area (Å²) in [6.45, 7) is 6.40. The molecule has 0 aliphatic heterocycles. The van der Waals surface area contributed by atoms with Gasteiger partial charge < -0.3 is 10.5 Å². The number of nitrogens with two attached hydrogens (primary N) is 1. The van der Waals surface area contributed by atoms with Crippen LogP contribution in [0.25, 0.3) is 0 Å². The number of carbonyl (C=O) groups excluding carboxylic acids is 1. The highest BCUT2D eigenvalue weighted by atomic mass is 16.5. The Bertz CT molecular complexity index is 374. The molecule has 1 aromatic carbocycles. The Hall–Kier alpha value is -1.19. The number of carbonyl (C=O) groups is 1. The van der Waals surface area contributed by atoms with E-state index in [1.165, 1.54) is 5.56 Å². The van der Waals surface area contributed by atoms with Crippen LogP contribution in [-0.4, -0.2) is 25.0 Å². The molecule has 1 unspecified atom stereocenters. The van der Waals surface area contributed by atoms with E-state index in [-0.39, 0.29) is 18.5 Å². The highest BCUT2D eigenvalue weighted by molar-refractivity contribution is 5.97. The standard InChI is InChI=1S/C13H19NO2/c1-9-4-5-12(6-10(9)2)13(15)8-16-11(3)7-14/h4-6,11H,7-8,14H2,1-3H3. The van der Waals surface area contributed by atoms with Crippen molar-refractivity contribution < 1.29 is 9.53 Å². The van der Waals surface area contributed by atoms with E-state index in [0.29, 0.717) is 12.1 Å². The smallest absolute Gasteiger partial charge is 0.188 e. The van der Waals surface area contributed by atoms with Crippen LogP contribution in [-0.2, 0) is 4.74 Å².